The van der Waals surface area contributed by atoms with E-state index in [2.05, 4.69) is 5.32 Å². The van der Waals surface area contributed by atoms with Gasteiger partial charge in [0.2, 0.25) is 10.0 Å². The molecule has 0 radical (unpaired) electrons. The number of halogens is 1. The third-order valence-electron chi connectivity index (χ3n) is 2.61. The van der Waals surface area contributed by atoms with Gasteiger partial charge in [-0.2, -0.15) is 0 Å². The summed E-state index contributed by atoms with van der Waals surface area (Å²) in [5, 5.41) is 13.1. The molecule has 0 aliphatic rings. The molecule has 0 aliphatic carbocycles. The highest BCUT2D eigenvalue weighted by molar-refractivity contribution is 14.1. The monoisotopic (exact) mass is 427 g/mol. The van der Waals surface area contributed by atoms with Crippen LogP contribution < -0.4 is 5.32 Å². The number of nitro benzene ring substituents is 1. The zero-order chi connectivity index (χ0) is 16.2. The second kappa shape index (κ2) is 7.13. The van der Waals surface area contributed by atoms with E-state index < -0.39 is 20.9 Å². The molecular formula is C11H14IN3O5S. The number of hydrogen-bond acceptors (Lipinski definition) is 5. The Kier molecular flexibility index (Phi) is 6.04. The molecule has 0 aliphatic heterocycles. The van der Waals surface area contributed by atoms with Crippen LogP contribution in [0.25, 0.3) is 0 Å². The highest BCUT2D eigenvalue weighted by Gasteiger charge is 2.17. The third kappa shape index (κ3) is 4.89. The Bertz CT molecular complexity index is 660. The van der Waals surface area contributed by atoms with E-state index in [1.54, 1.807) is 0 Å². The first-order chi connectivity index (χ1) is 9.65. The number of amides is 1. The van der Waals surface area contributed by atoms with Crippen LogP contribution in [0.15, 0.2) is 18.2 Å². The van der Waals surface area contributed by atoms with Crippen LogP contribution in [0.5, 0.6) is 0 Å². The van der Waals surface area contributed by atoms with Crippen LogP contribution >= 0.6 is 22.6 Å². The number of rotatable bonds is 6. The second-order valence-corrected chi connectivity index (χ2v) is 7.74. The Balaban J connectivity index is 2.77. The highest BCUT2D eigenvalue weighted by Crippen LogP contribution is 2.19. The van der Waals surface area contributed by atoms with Crippen LogP contribution in [0.2, 0.25) is 0 Å². The Hall–Kier alpha value is -1.27. The molecule has 1 amide bonds. The maximum atomic E-state index is 11.9. The van der Waals surface area contributed by atoms with E-state index in [9.17, 15) is 23.3 Å². The summed E-state index contributed by atoms with van der Waals surface area (Å²) in [7, 11) is -0.592. The molecule has 1 N–H and O–H groups in total. The summed E-state index contributed by atoms with van der Waals surface area (Å²) in [6, 6.07) is 3.93. The van der Waals surface area contributed by atoms with Gasteiger partial charge in [0.15, 0.2) is 0 Å². The first kappa shape index (κ1) is 17.8. The Morgan fingerprint density at radius 3 is 2.57 bits per heavy atom. The summed E-state index contributed by atoms with van der Waals surface area (Å²) in [5.74, 6) is -0.783. The number of nitro groups is 1. The summed E-state index contributed by atoms with van der Waals surface area (Å²) < 4.78 is 24.7. The molecule has 1 rings (SSSR count). The molecule has 1 aromatic rings. The molecule has 116 valence electrons. The molecular weight excluding hydrogens is 413 g/mol. The molecule has 0 saturated heterocycles. The molecule has 0 fully saturated rings. The van der Waals surface area contributed by atoms with E-state index in [-0.39, 0.29) is 23.5 Å². The number of sulfonamides is 1. The van der Waals surface area contributed by atoms with Gasteiger partial charge in [-0.3, -0.25) is 14.9 Å². The standard InChI is InChI=1S/C11H14IN3O5S/c1-14(2)21(19,20)6-5-13-11(16)9-7-8(15(17)18)3-4-10(9)12/h3-4,7H,5-6H2,1-2H3,(H,13,16). The number of hydrogen-bond donors (Lipinski definition) is 1. The maximum Gasteiger partial charge on any atom is 0.270 e. The normalized spacial score (nSPS) is 11.4. The van der Waals surface area contributed by atoms with Crippen molar-refractivity contribution in [2.45, 2.75) is 0 Å². The summed E-state index contributed by atoms with van der Waals surface area (Å²) in [6.45, 7) is -0.0713. The second-order valence-electron chi connectivity index (χ2n) is 4.28. The first-order valence-corrected chi connectivity index (χ1v) is 8.46. The largest absolute Gasteiger partial charge is 0.351 e. The molecule has 0 heterocycles. The zero-order valence-corrected chi connectivity index (χ0v) is 14.3. The fourth-order valence-corrected chi connectivity index (χ4v) is 2.68. The van der Waals surface area contributed by atoms with E-state index in [1.165, 1.54) is 26.2 Å². The predicted molar refractivity (Wildman–Crippen MR) is 85.6 cm³/mol. The lowest BCUT2D eigenvalue weighted by Gasteiger charge is -2.12. The average molecular weight is 427 g/mol. The summed E-state index contributed by atoms with van der Waals surface area (Å²) in [5.41, 5.74) is -0.0477. The van der Waals surface area contributed by atoms with Gasteiger partial charge >= 0.3 is 0 Å². The van der Waals surface area contributed by atoms with E-state index in [0.29, 0.717) is 3.57 Å². The van der Waals surface area contributed by atoms with Gasteiger partial charge < -0.3 is 5.32 Å². The topological polar surface area (TPSA) is 110 Å². The van der Waals surface area contributed by atoms with Crippen molar-refractivity contribution in [1.29, 1.82) is 0 Å². The van der Waals surface area contributed by atoms with Gasteiger partial charge in [-0.1, -0.05) is 0 Å². The number of carbonyl (C=O) groups excluding carboxylic acids is 1. The minimum Gasteiger partial charge on any atom is -0.351 e. The Morgan fingerprint density at radius 2 is 2.05 bits per heavy atom. The lowest BCUT2D eigenvalue weighted by atomic mass is 10.2. The quantitative estimate of drug-likeness (QED) is 0.411. The SMILES string of the molecule is CN(C)S(=O)(=O)CCNC(=O)c1cc([N+](=O)[O-])ccc1I. The lowest BCUT2D eigenvalue weighted by molar-refractivity contribution is -0.384. The molecule has 8 nitrogen and oxygen atoms in total. The molecule has 0 spiro atoms. The van der Waals surface area contributed by atoms with Gasteiger partial charge in [0.1, 0.15) is 0 Å². The molecule has 0 aromatic heterocycles. The average Bonchev–Trinajstić information content (AvgIpc) is 2.38. The van der Waals surface area contributed by atoms with Gasteiger partial charge in [-0.05, 0) is 28.7 Å². The van der Waals surface area contributed by atoms with Gasteiger partial charge in [-0.25, -0.2) is 12.7 Å². The van der Waals surface area contributed by atoms with Crippen molar-refractivity contribution in [3.05, 3.63) is 37.4 Å². The molecule has 0 unspecified atom stereocenters. The maximum absolute atomic E-state index is 11.9. The van der Waals surface area contributed by atoms with E-state index in [0.717, 1.165) is 10.4 Å². The van der Waals surface area contributed by atoms with Crippen molar-refractivity contribution in [1.82, 2.24) is 9.62 Å². The lowest BCUT2D eigenvalue weighted by Crippen LogP contribution is -2.34. The van der Waals surface area contributed by atoms with E-state index in [4.69, 9.17) is 0 Å². The van der Waals surface area contributed by atoms with Gasteiger partial charge in [0, 0.05) is 36.3 Å². The number of nitrogens with one attached hydrogen (secondary N) is 1. The van der Waals surface area contributed by atoms with Crippen LogP contribution in [0.4, 0.5) is 5.69 Å². The highest BCUT2D eigenvalue weighted by atomic mass is 127. The van der Waals surface area contributed by atoms with Crippen LogP contribution in [-0.4, -0.2) is 49.9 Å². The van der Waals surface area contributed by atoms with Crippen LogP contribution in [0, 0.1) is 13.7 Å². The van der Waals surface area contributed by atoms with Crippen LogP contribution in [0.1, 0.15) is 10.4 Å². The molecule has 0 bridgehead atoms. The number of non-ortho nitro benzene ring substituents is 1. The van der Waals surface area contributed by atoms with Crippen LogP contribution in [-0.2, 0) is 10.0 Å². The van der Waals surface area contributed by atoms with E-state index >= 15 is 0 Å². The Morgan fingerprint density at radius 1 is 1.43 bits per heavy atom. The van der Waals surface area contributed by atoms with Crippen LogP contribution in [0.3, 0.4) is 0 Å². The summed E-state index contributed by atoms with van der Waals surface area (Å²) in [4.78, 5) is 22.0. The molecule has 0 saturated carbocycles. The number of nitrogens with zero attached hydrogens (tertiary/aromatic N) is 2. The van der Waals surface area contributed by atoms with Crippen molar-refractivity contribution in [3.8, 4) is 0 Å². The van der Waals surface area contributed by atoms with Gasteiger partial charge in [-0.15, -0.1) is 0 Å². The first-order valence-electron chi connectivity index (χ1n) is 5.77. The molecule has 1 aromatic carbocycles. The van der Waals surface area contributed by atoms with E-state index in [1.807, 2.05) is 22.6 Å². The summed E-state index contributed by atoms with van der Waals surface area (Å²) >= 11 is 1.88. The molecule has 10 heteroatoms. The zero-order valence-electron chi connectivity index (χ0n) is 11.4. The minimum absolute atomic E-state index is 0.0713. The smallest absolute Gasteiger partial charge is 0.270 e. The Labute approximate surface area is 135 Å². The van der Waals surface area contributed by atoms with Crippen molar-refractivity contribution in [2.24, 2.45) is 0 Å². The summed E-state index contributed by atoms with van der Waals surface area (Å²) in [6.07, 6.45) is 0. The minimum atomic E-state index is -3.40. The predicted octanol–water partition coefficient (Wildman–Crippen LogP) is 0.821. The number of benzene rings is 1. The molecule has 0 atom stereocenters. The third-order valence-corrected chi connectivity index (χ3v) is 5.38. The number of carbonyl (C=O) groups is 1. The molecule has 21 heavy (non-hydrogen) atoms. The fraction of sp³-hybridized carbons (Fsp3) is 0.364. The van der Waals surface area contributed by atoms with Crippen molar-refractivity contribution in [2.75, 3.05) is 26.4 Å². The van der Waals surface area contributed by atoms with Gasteiger partial charge in [0.05, 0.1) is 16.2 Å². The van der Waals surface area contributed by atoms with Gasteiger partial charge in [0.25, 0.3) is 11.6 Å². The fourth-order valence-electron chi connectivity index (χ4n) is 1.37. The van der Waals surface area contributed by atoms with Crippen molar-refractivity contribution >= 4 is 44.2 Å². The van der Waals surface area contributed by atoms with Crippen molar-refractivity contribution in [3.63, 3.8) is 0 Å². The van der Waals surface area contributed by atoms with Crippen molar-refractivity contribution < 1.29 is 18.1 Å².